The van der Waals surface area contributed by atoms with Gasteiger partial charge in [-0.15, -0.1) is 0 Å². The SMILES string of the molecule is CC[C@@](O)(c1ccccc1)[C@H](C)C(=O)Sc1ccc([N+](=O)[O-])cc1. The number of benzene rings is 2. The summed E-state index contributed by atoms with van der Waals surface area (Å²) in [5.74, 6) is -0.620. The van der Waals surface area contributed by atoms with E-state index in [9.17, 15) is 20.0 Å². The van der Waals surface area contributed by atoms with E-state index in [-0.39, 0.29) is 10.8 Å². The monoisotopic (exact) mass is 345 g/mol. The summed E-state index contributed by atoms with van der Waals surface area (Å²) < 4.78 is 0. The second kappa shape index (κ2) is 7.59. The molecular formula is C18H19NO4S. The number of aliphatic hydroxyl groups is 1. The van der Waals surface area contributed by atoms with E-state index >= 15 is 0 Å². The summed E-state index contributed by atoms with van der Waals surface area (Å²) >= 11 is 0.988. The van der Waals surface area contributed by atoms with Crippen LogP contribution in [0.25, 0.3) is 0 Å². The highest BCUT2D eigenvalue weighted by Gasteiger charge is 2.38. The van der Waals surface area contributed by atoms with Crippen LogP contribution in [-0.4, -0.2) is 15.1 Å². The number of carbonyl (C=O) groups excluding carboxylic acids is 1. The van der Waals surface area contributed by atoms with Gasteiger partial charge in [0.05, 0.1) is 16.4 Å². The Labute approximate surface area is 144 Å². The van der Waals surface area contributed by atoms with Crippen molar-refractivity contribution in [3.8, 4) is 0 Å². The molecule has 0 fully saturated rings. The highest BCUT2D eigenvalue weighted by molar-refractivity contribution is 8.13. The van der Waals surface area contributed by atoms with Crippen LogP contribution in [-0.2, 0) is 10.4 Å². The van der Waals surface area contributed by atoms with Gasteiger partial charge >= 0.3 is 0 Å². The number of non-ortho nitro benzene ring substituents is 1. The van der Waals surface area contributed by atoms with Gasteiger partial charge in [-0.25, -0.2) is 0 Å². The number of rotatable bonds is 6. The molecule has 2 rings (SSSR count). The minimum atomic E-state index is -1.24. The largest absolute Gasteiger partial charge is 0.384 e. The van der Waals surface area contributed by atoms with Crippen molar-refractivity contribution >= 4 is 22.6 Å². The van der Waals surface area contributed by atoms with Crippen LogP contribution in [0.3, 0.4) is 0 Å². The number of thioether (sulfide) groups is 1. The second-order valence-electron chi connectivity index (χ2n) is 5.54. The molecule has 0 heterocycles. The lowest BCUT2D eigenvalue weighted by Gasteiger charge is -2.32. The third kappa shape index (κ3) is 3.83. The summed E-state index contributed by atoms with van der Waals surface area (Å²) in [6.45, 7) is 3.55. The van der Waals surface area contributed by atoms with Gasteiger partial charge in [0.2, 0.25) is 0 Å². The van der Waals surface area contributed by atoms with Gasteiger partial charge in [0.15, 0.2) is 5.12 Å². The number of hydrogen-bond donors (Lipinski definition) is 1. The Bertz CT molecular complexity index is 718. The number of nitrogens with zero attached hydrogens (tertiary/aromatic N) is 1. The molecule has 0 radical (unpaired) electrons. The summed E-state index contributed by atoms with van der Waals surface area (Å²) in [6.07, 6.45) is 0.407. The van der Waals surface area contributed by atoms with Gasteiger partial charge in [-0.3, -0.25) is 14.9 Å². The molecule has 5 nitrogen and oxygen atoms in total. The van der Waals surface area contributed by atoms with Crippen molar-refractivity contribution in [2.75, 3.05) is 0 Å². The van der Waals surface area contributed by atoms with Crippen molar-refractivity contribution in [3.05, 3.63) is 70.3 Å². The summed E-state index contributed by atoms with van der Waals surface area (Å²) in [4.78, 5) is 23.4. The lowest BCUT2D eigenvalue weighted by atomic mass is 9.81. The van der Waals surface area contributed by atoms with Crippen molar-refractivity contribution < 1.29 is 14.8 Å². The first-order chi connectivity index (χ1) is 11.4. The number of nitro groups is 1. The highest BCUT2D eigenvalue weighted by Crippen LogP contribution is 2.37. The van der Waals surface area contributed by atoms with Crippen molar-refractivity contribution in [1.82, 2.24) is 0 Å². The first-order valence-corrected chi connectivity index (χ1v) is 8.44. The fraction of sp³-hybridized carbons (Fsp3) is 0.278. The fourth-order valence-corrected chi connectivity index (χ4v) is 3.40. The van der Waals surface area contributed by atoms with Gasteiger partial charge in [0, 0.05) is 17.0 Å². The van der Waals surface area contributed by atoms with Crippen molar-refractivity contribution in [3.63, 3.8) is 0 Å². The maximum atomic E-state index is 12.6. The minimum Gasteiger partial charge on any atom is -0.384 e. The molecule has 24 heavy (non-hydrogen) atoms. The first kappa shape index (κ1) is 18.2. The molecule has 1 N–H and O–H groups in total. The summed E-state index contributed by atoms with van der Waals surface area (Å²) in [5, 5.41) is 21.5. The van der Waals surface area contributed by atoms with E-state index in [2.05, 4.69) is 0 Å². The van der Waals surface area contributed by atoms with E-state index in [0.717, 1.165) is 11.8 Å². The number of hydrogen-bond acceptors (Lipinski definition) is 5. The molecule has 0 aliphatic carbocycles. The molecule has 126 valence electrons. The average molecular weight is 345 g/mol. The van der Waals surface area contributed by atoms with Crippen LogP contribution in [0.1, 0.15) is 25.8 Å². The van der Waals surface area contributed by atoms with Crippen molar-refractivity contribution in [2.45, 2.75) is 30.8 Å². The van der Waals surface area contributed by atoms with Crippen LogP contribution in [0.2, 0.25) is 0 Å². The summed E-state index contributed by atoms with van der Waals surface area (Å²) in [5.41, 5.74) is -0.557. The predicted molar refractivity (Wildman–Crippen MR) is 93.8 cm³/mol. The quantitative estimate of drug-likeness (QED) is 0.483. The Balaban J connectivity index is 2.17. The Morgan fingerprint density at radius 2 is 1.79 bits per heavy atom. The van der Waals surface area contributed by atoms with Gasteiger partial charge in [-0.05, 0) is 24.1 Å². The van der Waals surface area contributed by atoms with Crippen LogP contribution in [0.4, 0.5) is 5.69 Å². The molecule has 0 unspecified atom stereocenters. The average Bonchev–Trinajstić information content (AvgIpc) is 2.61. The van der Waals surface area contributed by atoms with Crippen LogP contribution >= 0.6 is 11.8 Å². The van der Waals surface area contributed by atoms with Crippen LogP contribution in [0, 0.1) is 16.0 Å². The lowest BCUT2D eigenvalue weighted by Crippen LogP contribution is -2.36. The van der Waals surface area contributed by atoms with E-state index in [1.807, 2.05) is 37.3 Å². The maximum absolute atomic E-state index is 12.6. The molecule has 2 aromatic carbocycles. The van der Waals surface area contributed by atoms with Gasteiger partial charge in [-0.2, -0.15) is 0 Å². The van der Waals surface area contributed by atoms with Crippen molar-refractivity contribution in [1.29, 1.82) is 0 Å². The van der Waals surface area contributed by atoms with Crippen LogP contribution < -0.4 is 0 Å². The third-order valence-electron chi connectivity index (χ3n) is 4.15. The lowest BCUT2D eigenvalue weighted by molar-refractivity contribution is -0.384. The second-order valence-corrected chi connectivity index (χ2v) is 6.62. The maximum Gasteiger partial charge on any atom is 0.269 e. The molecule has 0 amide bonds. The molecule has 0 aliphatic heterocycles. The molecule has 0 spiro atoms. The Kier molecular flexibility index (Phi) is 5.75. The van der Waals surface area contributed by atoms with E-state index in [0.29, 0.717) is 16.9 Å². The van der Waals surface area contributed by atoms with Crippen LogP contribution in [0.15, 0.2) is 59.5 Å². The Morgan fingerprint density at radius 3 is 2.29 bits per heavy atom. The van der Waals surface area contributed by atoms with Crippen LogP contribution in [0.5, 0.6) is 0 Å². The third-order valence-corrected chi connectivity index (χ3v) is 5.21. The standard InChI is InChI=1S/C18H19NO4S/c1-3-18(21,14-7-5-4-6-8-14)13(2)17(20)24-16-11-9-15(10-12-16)19(22)23/h4-13,21H,3H2,1-2H3/t13-,18+/m1/s1. The topological polar surface area (TPSA) is 80.4 Å². The molecule has 2 atom stereocenters. The highest BCUT2D eigenvalue weighted by atomic mass is 32.2. The zero-order valence-electron chi connectivity index (χ0n) is 13.5. The Morgan fingerprint density at radius 1 is 1.21 bits per heavy atom. The summed E-state index contributed by atoms with van der Waals surface area (Å²) in [6, 6.07) is 15.0. The van der Waals surface area contributed by atoms with Gasteiger partial charge in [0.25, 0.3) is 5.69 Å². The normalized spacial score (nSPS) is 14.6. The molecular weight excluding hydrogens is 326 g/mol. The molecule has 0 saturated heterocycles. The van der Waals surface area contributed by atoms with E-state index in [1.54, 1.807) is 19.1 Å². The van der Waals surface area contributed by atoms with E-state index in [4.69, 9.17) is 0 Å². The molecule has 2 aromatic rings. The molecule has 0 aliphatic rings. The Hall–Kier alpha value is -2.18. The number of carbonyl (C=O) groups is 1. The molecule has 0 bridgehead atoms. The predicted octanol–water partition coefficient (Wildman–Crippen LogP) is 4.15. The van der Waals surface area contributed by atoms with Crippen molar-refractivity contribution in [2.24, 2.45) is 5.92 Å². The summed E-state index contributed by atoms with van der Waals surface area (Å²) in [7, 11) is 0. The molecule has 0 aromatic heterocycles. The zero-order valence-corrected chi connectivity index (χ0v) is 14.3. The first-order valence-electron chi connectivity index (χ1n) is 7.62. The molecule has 6 heteroatoms. The molecule has 0 saturated carbocycles. The fourth-order valence-electron chi connectivity index (χ4n) is 2.52. The van der Waals surface area contributed by atoms with E-state index in [1.165, 1.54) is 12.1 Å². The van der Waals surface area contributed by atoms with E-state index < -0.39 is 16.4 Å². The van der Waals surface area contributed by atoms with Gasteiger partial charge < -0.3 is 5.11 Å². The van der Waals surface area contributed by atoms with Gasteiger partial charge in [-0.1, -0.05) is 55.9 Å². The minimum absolute atomic E-state index is 0.0193. The van der Waals surface area contributed by atoms with Gasteiger partial charge in [0.1, 0.15) is 0 Å². The smallest absolute Gasteiger partial charge is 0.269 e. The number of nitro benzene ring substituents is 1. The zero-order chi connectivity index (χ0) is 17.7.